The highest BCUT2D eigenvalue weighted by Crippen LogP contribution is 2.41. The predicted molar refractivity (Wildman–Crippen MR) is 117 cm³/mol. The minimum absolute atomic E-state index is 0.199. The molecule has 1 aliphatic rings. The van der Waals surface area contributed by atoms with Crippen molar-refractivity contribution < 1.29 is 19.1 Å². The highest BCUT2D eigenvalue weighted by atomic mass is 16.5. The number of hydrogen-bond acceptors (Lipinski definition) is 5. The zero-order chi connectivity index (χ0) is 21.9. The van der Waals surface area contributed by atoms with Gasteiger partial charge in [0.05, 0.1) is 14.2 Å². The summed E-state index contributed by atoms with van der Waals surface area (Å²) >= 11 is 0. The van der Waals surface area contributed by atoms with E-state index in [0.29, 0.717) is 29.9 Å². The molecule has 0 radical (unpaired) electrons. The first-order valence-electron chi connectivity index (χ1n) is 10.1. The van der Waals surface area contributed by atoms with Crippen LogP contribution in [0.15, 0.2) is 42.5 Å². The second-order valence-electron chi connectivity index (χ2n) is 8.70. The van der Waals surface area contributed by atoms with Gasteiger partial charge in [0.25, 0.3) is 0 Å². The molecule has 3 rings (SSSR count). The molecule has 2 N–H and O–H groups in total. The maximum Gasteiger partial charge on any atom is 0.236 e. The average molecular weight is 411 g/mol. The number of nitrogens with one attached hydrogen (secondary N) is 2. The lowest BCUT2D eigenvalue weighted by atomic mass is 9.69. The molecule has 2 aromatic rings. The monoisotopic (exact) mass is 410 g/mol. The molecule has 0 saturated heterocycles. The van der Waals surface area contributed by atoms with Crippen LogP contribution in [0.4, 0.5) is 5.69 Å². The number of methoxy groups -OCH3 is 2. The molecular formula is C24H30N2O4. The summed E-state index contributed by atoms with van der Waals surface area (Å²) in [5, 5.41) is 6.32. The first kappa shape index (κ1) is 21.7. The molecule has 30 heavy (non-hydrogen) atoms. The molecule has 2 aromatic carbocycles. The molecule has 0 saturated carbocycles. The fourth-order valence-electron chi connectivity index (χ4n) is 3.79. The van der Waals surface area contributed by atoms with Gasteiger partial charge in [-0.25, -0.2) is 0 Å². The first-order valence-corrected chi connectivity index (χ1v) is 10.1. The largest absolute Gasteiger partial charge is 0.493 e. The first-order chi connectivity index (χ1) is 14.2. The Morgan fingerprint density at radius 3 is 2.30 bits per heavy atom. The van der Waals surface area contributed by atoms with Gasteiger partial charge in [0.2, 0.25) is 5.91 Å². The second-order valence-corrected chi connectivity index (χ2v) is 8.70. The number of aryl methyl sites for hydroxylation is 1. The summed E-state index contributed by atoms with van der Waals surface area (Å²) in [4.78, 5) is 27.2. The SMILES string of the molecule is COc1cc2c(cc1OC)C(=O)[C@@](CNc1ccccc1)(C(=O)NC(C)(C)C)CC2. The van der Waals surface area contributed by atoms with E-state index in [1.54, 1.807) is 13.2 Å². The van der Waals surface area contributed by atoms with E-state index in [-0.39, 0.29) is 18.2 Å². The number of ketones is 1. The fourth-order valence-corrected chi connectivity index (χ4v) is 3.79. The summed E-state index contributed by atoms with van der Waals surface area (Å²) in [6.45, 7) is 5.96. The molecule has 6 heteroatoms. The molecule has 0 bridgehead atoms. The molecule has 1 aliphatic carbocycles. The molecule has 0 heterocycles. The lowest BCUT2D eigenvalue weighted by molar-refractivity contribution is -0.129. The van der Waals surface area contributed by atoms with Crippen LogP contribution in [-0.2, 0) is 11.2 Å². The number of hydrogen-bond donors (Lipinski definition) is 2. The third-order valence-corrected chi connectivity index (χ3v) is 5.40. The van der Waals surface area contributed by atoms with Crippen molar-refractivity contribution >= 4 is 17.4 Å². The molecule has 0 aromatic heterocycles. The van der Waals surface area contributed by atoms with Gasteiger partial charge in [0.15, 0.2) is 17.3 Å². The minimum atomic E-state index is -1.21. The zero-order valence-electron chi connectivity index (χ0n) is 18.3. The fraction of sp³-hybridized carbons (Fsp3) is 0.417. The Balaban J connectivity index is 2.02. The van der Waals surface area contributed by atoms with Crippen LogP contribution in [-0.4, -0.2) is 38.0 Å². The summed E-state index contributed by atoms with van der Waals surface area (Å²) in [5.74, 6) is 0.601. The van der Waals surface area contributed by atoms with Gasteiger partial charge < -0.3 is 20.1 Å². The Labute approximate surface area is 178 Å². The number of Topliss-reactive ketones (excluding diaryl/α,β-unsaturated/α-hetero) is 1. The Morgan fingerprint density at radius 2 is 1.70 bits per heavy atom. The van der Waals surface area contributed by atoms with Gasteiger partial charge in [-0.2, -0.15) is 0 Å². The minimum Gasteiger partial charge on any atom is -0.493 e. The van der Waals surface area contributed by atoms with E-state index >= 15 is 0 Å². The topological polar surface area (TPSA) is 76.7 Å². The van der Waals surface area contributed by atoms with Crippen LogP contribution in [0, 0.1) is 5.41 Å². The van der Waals surface area contributed by atoms with Crippen LogP contribution in [0.25, 0.3) is 0 Å². The number of ether oxygens (including phenoxy) is 2. The van der Waals surface area contributed by atoms with E-state index in [0.717, 1.165) is 11.3 Å². The third-order valence-electron chi connectivity index (χ3n) is 5.40. The molecule has 1 atom stereocenters. The van der Waals surface area contributed by atoms with Crippen molar-refractivity contribution in [3.05, 3.63) is 53.6 Å². The van der Waals surface area contributed by atoms with Gasteiger partial charge in [0.1, 0.15) is 5.41 Å². The van der Waals surface area contributed by atoms with Crippen molar-refractivity contribution in [2.45, 2.75) is 39.2 Å². The standard InChI is InChI=1S/C24H30N2O4/c1-23(2,3)26-22(28)24(15-25-17-9-7-6-8-10-17)12-11-16-13-19(29-4)20(30-5)14-18(16)21(24)27/h6-10,13-14,25H,11-12,15H2,1-5H3,(H,26,28)/t24-/m1/s1. The predicted octanol–water partition coefficient (Wildman–Crippen LogP) is 3.85. The van der Waals surface area contributed by atoms with E-state index in [4.69, 9.17) is 9.47 Å². The molecule has 0 spiro atoms. The quantitative estimate of drug-likeness (QED) is 0.708. The van der Waals surface area contributed by atoms with E-state index in [1.165, 1.54) is 7.11 Å². The van der Waals surface area contributed by atoms with Crippen molar-refractivity contribution in [1.82, 2.24) is 5.32 Å². The Hall–Kier alpha value is -3.02. The number of amides is 1. The molecule has 0 unspecified atom stereocenters. The smallest absolute Gasteiger partial charge is 0.236 e. The van der Waals surface area contributed by atoms with Crippen molar-refractivity contribution in [3.63, 3.8) is 0 Å². The number of para-hydroxylation sites is 1. The molecule has 0 aliphatic heterocycles. The normalized spacial score (nSPS) is 18.4. The van der Waals surface area contributed by atoms with Crippen molar-refractivity contribution in [3.8, 4) is 11.5 Å². The summed E-state index contributed by atoms with van der Waals surface area (Å²) in [7, 11) is 3.10. The van der Waals surface area contributed by atoms with Crippen LogP contribution < -0.4 is 20.1 Å². The van der Waals surface area contributed by atoms with Gasteiger partial charge in [-0.15, -0.1) is 0 Å². The highest BCUT2D eigenvalue weighted by molar-refractivity contribution is 6.16. The van der Waals surface area contributed by atoms with Gasteiger partial charge in [-0.3, -0.25) is 9.59 Å². The Morgan fingerprint density at radius 1 is 1.07 bits per heavy atom. The van der Waals surface area contributed by atoms with Crippen LogP contribution in [0.3, 0.4) is 0 Å². The maximum absolute atomic E-state index is 13.8. The van der Waals surface area contributed by atoms with E-state index in [9.17, 15) is 9.59 Å². The third kappa shape index (κ3) is 4.27. The van der Waals surface area contributed by atoms with Gasteiger partial charge >= 0.3 is 0 Å². The van der Waals surface area contributed by atoms with Gasteiger partial charge in [-0.05, 0) is 63.4 Å². The van der Waals surface area contributed by atoms with Gasteiger partial charge in [0, 0.05) is 23.3 Å². The average Bonchev–Trinajstić information content (AvgIpc) is 2.72. The van der Waals surface area contributed by atoms with E-state index < -0.39 is 11.0 Å². The van der Waals surface area contributed by atoms with Crippen LogP contribution in [0.2, 0.25) is 0 Å². The molecule has 6 nitrogen and oxygen atoms in total. The van der Waals surface area contributed by atoms with Crippen LogP contribution >= 0.6 is 0 Å². The number of carbonyl (C=O) groups is 2. The lowest BCUT2D eigenvalue weighted by Crippen LogP contribution is -2.56. The molecule has 0 fully saturated rings. The second kappa shape index (κ2) is 8.38. The van der Waals surface area contributed by atoms with Crippen molar-refractivity contribution in [1.29, 1.82) is 0 Å². The lowest BCUT2D eigenvalue weighted by Gasteiger charge is -2.38. The van der Waals surface area contributed by atoms with Crippen molar-refractivity contribution in [2.24, 2.45) is 5.41 Å². The number of benzene rings is 2. The summed E-state index contributed by atoms with van der Waals surface area (Å²) in [6.07, 6.45) is 1.01. The number of carbonyl (C=O) groups excluding carboxylic acids is 2. The highest BCUT2D eigenvalue weighted by Gasteiger charge is 2.49. The Bertz CT molecular complexity index is 934. The Kier molecular flexibility index (Phi) is 6.06. The summed E-state index contributed by atoms with van der Waals surface area (Å²) in [5.41, 5.74) is 0.589. The van der Waals surface area contributed by atoms with E-state index in [2.05, 4.69) is 10.6 Å². The summed E-state index contributed by atoms with van der Waals surface area (Å²) < 4.78 is 10.8. The van der Waals surface area contributed by atoms with E-state index in [1.807, 2.05) is 57.2 Å². The number of anilines is 1. The summed E-state index contributed by atoms with van der Waals surface area (Å²) in [6, 6.07) is 13.1. The molecule has 160 valence electrons. The van der Waals surface area contributed by atoms with Crippen molar-refractivity contribution in [2.75, 3.05) is 26.1 Å². The van der Waals surface area contributed by atoms with Crippen LogP contribution in [0.5, 0.6) is 11.5 Å². The zero-order valence-corrected chi connectivity index (χ0v) is 18.3. The van der Waals surface area contributed by atoms with Gasteiger partial charge in [-0.1, -0.05) is 18.2 Å². The molecular weight excluding hydrogens is 380 g/mol. The maximum atomic E-state index is 13.8. The number of fused-ring (bicyclic) bond motifs is 1. The van der Waals surface area contributed by atoms with Crippen LogP contribution in [0.1, 0.15) is 43.1 Å². The number of rotatable bonds is 6. The molecule has 1 amide bonds.